The van der Waals surface area contributed by atoms with Gasteiger partial charge in [-0.3, -0.25) is 29.1 Å². The quantitative estimate of drug-likeness (QED) is 0.206. The van der Waals surface area contributed by atoms with Gasteiger partial charge in [-0.1, -0.05) is 29.1 Å². The van der Waals surface area contributed by atoms with Gasteiger partial charge in [-0.05, 0) is 43.5 Å². The maximum Gasteiger partial charge on any atom is 0.250 e. The topological polar surface area (TPSA) is 222 Å². The number of carbonyl (C=O) groups is 4. The molecule has 4 aromatic heterocycles. The van der Waals surface area contributed by atoms with Crippen LogP contribution in [0, 0.1) is 0 Å². The molecule has 1 aliphatic carbocycles. The van der Waals surface area contributed by atoms with Crippen LogP contribution in [0.15, 0.2) is 36.7 Å². The highest BCUT2D eigenvalue weighted by atomic mass is 32.1. The molecule has 0 spiro atoms. The minimum Gasteiger partial charge on any atom is -0.366 e. The van der Waals surface area contributed by atoms with E-state index < -0.39 is 11.8 Å². The summed E-state index contributed by atoms with van der Waals surface area (Å²) in [5, 5.41) is 25.0. The van der Waals surface area contributed by atoms with Crippen molar-refractivity contribution in [2.45, 2.75) is 50.4 Å². The number of hydrogen-bond donors (Lipinski definition) is 4. The summed E-state index contributed by atoms with van der Waals surface area (Å²) < 4.78 is 0. The molecule has 4 aromatic rings. The molecule has 4 heterocycles. The Morgan fingerprint density at radius 3 is 1.55 bits per heavy atom. The summed E-state index contributed by atoms with van der Waals surface area (Å²) in [6.07, 6.45) is 6.38. The van der Waals surface area contributed by atoms with Gasteiger partial charge in [-0.15, -0.1) is 20.4 Å². The van der Waals surface area contributed by atoms with Crippen LogP contribution in [0.1, 0.15) is 79.6 Å². The van der Waals surface area contributed by atoms with Crippen LogP contribution in [0.25, 0.3) is 0 Å². The van der Waals surface area contributed by atoms with Crippen LogP contribution in [0.5, 0.6) is 0 Å². The minimum atomic E-state index is -0.580. The average molecular weight is 607 g/mol. The average Bonchev–Trinajstić information content (AvgIpc) is 3.63. The largest absolute Gasteiger partial charge is 0.366 e. The number of primary amides is 2. The van der Waals surface area contributed by atoms with E-state index in [0.717, 1.165) is 35.7 Å². The van der Waals surface area contributed by atoms with Gasteiger partial charge >= 0.3 is 0 Å². The molecule has 1 aliphatic rings. The summed E-state index contributed by atoms with van der Waals surface area (Å²) in [5.41, 5.74) is 12.0. The molecule has 1 saturated carbocycles. The van der Waals surface area contributed by atoms with Gasteiger partial charge in [-0.2, -0.15) is 0 Å². The molecular formula is C26H26N10O4S2. The summed E-state index contributed by atoms with van der Waals surface area (Å²) in [4.78, 5) is 55.5. The third-order valence-electron chi connectivity index (χ3n) is 6.65. The van der Waals surface area contributed by atoms with Crippen molar-refractivity contribution in [3.63, 3.8) is 0 Å². The van der Waals surface area contributed by atoms with Crippen LogP contribution >= 0.6 is 22.7 Å². The lowest BCUT2D eigenvalue weighted by Gasteiger charge is -2.25. The molecule has 2 atom stereocenters. The molecule has 4 amide bonds. The van der Waals surface area contributed by atoms with Crippen molar-refractivity contribution in [2.24, 2.45) is 11.5 Å². The molecule has 216 valence electrons. The van der Waals surface area contributed by atoms with Gasteiger partial charge in [0.1, 0.15) is 10.0 Å². The third-order valence-corrected chi connectivity index (χ3v) is 8.65. The predicted octanol–water partition coefficient (Wildman–Crippen LogP) is 2.18. The Labute approximate surface area is 247 Å². The first kappa shape index (κ1) is 28.8. The van der Waals surface area contributed by atoms with Crippen molar-refractivity contribution < 1.29 is 19.2 Å². The number of carbonyl (C=O) groups excluding carboxylic acids is 4. The molecule has 14 nitrogen and oxygen atoms in total. The number of nitrogens with two attached hydrogens (primary N) is 2. The van der Waals surface area contributed by atoms with Gasteiger partial charge in [-0.25, -0.2) is 0 Å². The molecule has 0 radical (unpaired) electrons. The maximum atomic E-state index is 12.5. The van der Waals surface area contributed by atoms with Crippen molar-refractivity contribution in [1.29, 1.82) is 0 Å². The third kappa shape index (κ3) is 7.32. The Hall–Kier alpha value is -4.70. The fourth-order valence-electron chi connectivity index (χ4n) is 4.54. The fourth-order valence-corrected chi connectivity index (χ4v) is 6.36. The van der Waals surface area contributed by atoms with E-state index in [0.29, 0.717) is 21.7 Å². The molecule has 42 heavy (non-hydrogen) atoms. The van der Waals surface area contributed by atoms with E-state index >= 15 is 0 Å². The Bertz CT molecular complexity index is 1490. The highest BCUT2D eigenvalue weighted by Crippen LogP contribution is 2.43. The summed E-state index contributed by atoms with van der Waals surface area (Å²) in [5.74, 6) is -1.43. The summed E-state index contributed by atoms with van der Waals surface area (Å²) >= 11 is 2.68. The monoisotopic (exact) mass is 606 g/mol. The molecule has 1 fully saturated rings. The lowest BCUT2D eigenvalue weighted by Crippen LogP contribution is -2.16. The highest BCUT2D eigenvalue weighted by Gasteiger charge is 2.29. The van der Waals surface area contributed by atoms with Gasteiger partial charge in [0, 0.05) is 35.6 Å². The van der Waals surface area contributed by atoms with Gasteiger partial charge < -0.3 is 22.1 Å². The summed E-state index contributed by atoms with van der Waals surface area (Å²) in [6, 6.07) is 6.22. The number of anilines is 2. The van der Waals surface area contributed by atoms with E-state index in [-0.39, 0.29) is 47.6 Å². The zero-order valence-corrected chi connectivity index (χ0v) is 23.8. The van der Waals surface area contributed by atoms with Crippen LogP contribution in [-0.2, 0) is 22.4 Å². The first-order chi connectivity index (χ1) is 20.2. The van der Waals surface area contributed by atoms with E-state index in [2.05, 4.69) is 41.0 Å². The van der Waals surface area contributed by atoms with E-state index in [9.17, 15) is 19.2 Å². The molecule has 6 N–H and O–H groups in total. The van der Waals surface area contributed by atoms with Crippen LogP contribution < -0.4 is 22.1 Å². The number of hydrogen-bond acceptors (Lipinski definition) is 12. The molecule has 0 aliphatic heterocycles. The van der Waals surface area contributed by atoms with Crippen LogP contribution in [0.3, 0.4) is 0 Å². The molecule has 0 bridgehead atoms. The molecule has 16 heteroatoms. The first-order valence-corrected chi connectivity index (χ1v) is 14.6. The molecular weight excluding hydrogens is 580 g/mol. The second-order valence-electron chi connectivity index (χ2n) is 9.71. The first-order valence-electron chi connectivity index (χ1n) is 13.0. The number of pyridine rings is 2. The number of amides is 4. The number of nitrogens with one attached hydrogen (secondary N) is 2. The van der Waals surface area contributed by atoms with Crippen LogP contribution in [0.4, 0.5) is 10.3 Å². The highest BCUT2D eigenvalue weighted by molar-refractivity contribution is 7.15. The zero-order chi connectivity index (χ0) is 29.6. The number of aromatic nitrogens is 6. The summed E-state index contributed by atoms with van der Waals surface area (Å²) in [6.45, 7) is 0. The van der Waals surface area contributed by atoms with Crippen molar-refractivity contribution in [3.05, 3.63) is 69.2 Å². The molecule has 0 aromatic carbocycles. The smallest absolute Gasteiger partial charge is 0.250 e. The van der Waals surface area contributed by atoms with Crippen molar-refractivity contribution in [1.82, 2.24) is 30.4 Å². The number of rotatable bonds is 10. The van der Waals surface area contributed by atoms with Crippen LogP contribution in [0.2, 0.25) is 0 Å². The van der Waals surface area contributed by atoms with Gasteiger partial charge in [0.25, 0.3) is 0 Å². The Morgan fingerprint density at radius 1 is 0.714 bits per heavy atom. The van der Waals surface area contributed by atoms with Crippen molar-refractivity contribution in [2.75, 3.05) is 10.6 Å². The van der Waals surface area contributed by atoms with E-state index in [1.807, 2.05) is 0 Å². The normalized spacial score (nSPS) is 16.5. The number of nitrogens with zero attached hydrogens (tertiary/aromatic N) is 6. The van der Waals surface area contributed by atoms with Gasteiger partial charge in [0.2, 0.25) is 33.9 Å². The van der Waals surface area contributed by atoms with E-state index in [4.69, 9.17) is 11.5 Å². The lowest BCUT2D eigenvalue weighted by atomic mass is 9.82. The van der Waals surface area contributed by atoms with Gasteiger partial charge in [0.05, 0.1) is 24.0 Å². The van der Waals surface area contributed by atoms with Gasteiger partial charge in [0.15, 0.2) is 0 Å². The standard InChI is InChI=1S/C26H26N10O4S2/c27-21(39)15-4-6-17(29-11-15)9-19(37)31-25-35-33-23(41-25)13-2-1-3-14(8-13)24-34-36-26(42-24)32-20(38)10-18-7-5-16(12-30-18)22(28)40/h4-7,11-14H,1-3,8-10H2,(H2,27,39)(H2,28,40)(H,31,35,37)(H,32,36,38). The van der Waals surface area contributed by atoms with Crippen molar-refractivity contribution in [3.8, 4) is 0 Å². The Balaban J connectivity index is 1.13. The lowest BCUT2D eigenvalue weighted by molar-refractivity contribution is -0.116. The Kier molecular flexibility index (Phi) is 8.83. The van der Waals surface area contributed by atoms with E-state index in [1.165, 1.54) is 47.2 Å². The molecule has 2 unspecified atom stereocenters. The molecule has 0 saturated heterocycles. The summed E-state index contributed by atoms with van der Waals surface area (Å²) in [7, 11) is 0. The molecule has 5 rings (SSSR count). The van der Waals surface area contributed by atoms with E-state index in [1.54, 1.807) is 12.1 Å². The van der Waals surface area contributed by atoms with Crippen LogP contribution in [-0.4, -0.2) is 54.0 Å². The minimum absolute atomic E-state index is 0.0213. The maximum absolute atomic E-state index is 12.5. The fraction of sp³-hybridized carbons (Fsp3) is 0.308. The zero-order valence-electron chi connectivity index (χ0n) is 22.1. The second kappa shape index (κ2) is 12.9. The second-order valence-corrected chi connectivity index (χ2v) is 11.7. The SMILES string of the molecule is NC(=O)c1ccc(CC(=O)Nc2nnc(C3CCCC(c4nnc(NC(=O)Cc5ccc(C(N)=O)cn5)s4)C3)s2)nc1. The Morgan fingerprint density at radius 2 is 1.17 bits per heavy atom. The van der Waals surface area contributed by atoms with Crippen molar-refractivity contribution >= 4 is 56.6 Å². The predicted molar refractivity (Wildman–Crippen MR) is 154 cm³/mol.